The van der Waals surface area contributed by atoms with Crippen LogP contribution in [0.1, 0.15) is 51.5 Å². The first kappa shape index (κ1) is 23.5. The van der Waals surface area contributed by atoms with Crippen molar-refractivity contribution in [3.05, 3.63) is 89.9 Å². The van der Waals surface area contributed by atoms with Crippen molar-refractivity contribution in [1.82, 2.24) is 4.98 Å². The zero-order chi connectivity index (χ0) is 25.9. The first-order valence-corrected chi connectivity index (χ1v) is 13.1. The number of furan rings is 2. The van der Waals surface area contributed by atoms with Crippen LogP contribution in [0.5, 0.6) is 0 Å². The number of pyridine rings is 1. The van der Waals surface area contributed by atoms with E-state index in [1.807, 2.05) is 6.07 Å². The molecule has 0 aliphatic rings. The number of aromatic nitrogens is 1. The molecule has 0 N–H and O–H groups in total. The molecule has 0 aliphatic carbocycles. The third-order valence-corrected chi connectivity index (χ3v) is 7.29. The van der Waals surface area contributed by atoms with Gasteiger partial charge in [-0.1, -0.05) is 65.0 Å². The van der Waals surface area contributed by atoms with E-state index in [1.165, 1.54) is 27.3 Å². The van der Waals surface area contributed by atoms with E-state index in [4.69, 9.17) is 13.8 Å². The molecule has 3 heteroatoms. The third kappa shape index (κ3) is 4.13. The fourth-order valence-electron chi connectivity index (χ4n) is 5.50. The Morgan fingerprint density at radius 2 is 1.68 bits per heavy atom. The Morgan fingerprint density at radius 1 is 0.865 bits per heavy atom. The van der Waals surface area contributed by atoms with Crippen LogP contribution in [-0.2, 0) is 11.8 Å². The fourth-order valence-corrected chi connectivity index (χ4v) is 5.50. The van der Waals surface area contributed by atoms with E-state index in [2.05, 4.69) is 102 Å². The number of hydrogen-bond donors (Lipinski definition) is 0. The van der Waals surface area contributed by atoms with Crippen molar-refractivity contribution in [2.45, 2.75) is 53.4 Å². The van der Waals surface area contributed by atoms with Crippen LogP contribution in [0, 0.1) is 12.8 Å². The van der Waals surface area contributed by atoms with E-state index in [1.54, 1.807) is 6.26 Å². The molecule has 0 aliphatic heterocycles. The van der Waals surface area contributed by atoms with Gasteiger partial charge in [-0.2, -0.15) is 0 Å². The van der Waals surface area contributed by atoms with Gasteiger partial charge in [0.2, 0.25) is 0 Å². The second-order valence-electron chi connectivity index (χ2n) is 11.6. The van der Waals surface area contributed by atoms with Gasteiger partial charge in [-0.15, -0.1) is 0 Å². The lowest BCUT2D eigenvalue weighted by Crippen LogP contribution is -2.12. The molecule has 3 nitrogen and oxygen atoms in total. The molecular weight excluding hydrogens is 454 g/mol. The van der Waals surface area contributed by atoms with Crippen LogP contribution in [0.3, 0.4) is 0 Å². The summed E-state index contributed by atoms with van der Waals surface area (Å²) >= 11 is 0. The Morgan fingerprint density at radius 3 is 2.46 bits per heavy atom. The largest absolute Gasteiger partial charge is 0.462 e. The number of aryl methyl sites for hydroxylation is 1. The minimum Gasteiger partial charge on any atom is -0.462 e. The lowest BCUT2D eigenvalue weighted by atomic mass is 9.82. The normalized spacial score (nSPS) is 12.4. The van der Waals surface area contributed by atoms with Crippen LogP contribution in [0.25, 0.3) is 55.2 Å². The molecule has 37 heavy (non-hydrogen) atoms. The minimum atomic E-state index is 0.00911. The summed E-state index contributed by atoms with van der Waals surface area (Å²) in [5, 5.41) is 3.71. The van der Waals surface area contributed by atoms with E-state index in [9.17, 15) is 0 Å². The molecule has 0 radical (unpaired) electrons. The van der Waals surface area contributed by atoms with E-state index in [-0.39, 0.29) is 5.41 Å². The van der Waals surface area contributed by atoms with Crippen molar-refractivity contribution in [2.75, 3.05) is 0 Å². The average molecular weight is 488 g/mol. The maximum atomic E-state index is 6.11. The van der Waals surface area contributed by atoms with Gasteiger partial charge in [0.25, 0.3) is 0 Å². The molecule has 0 fully saturated rings. The molecule has 6 aromatic rings. The summed E-state index contributed by atoms with van der Waals surface area (Å²) in [6, 6.07) is 23.8. The van der Waals surface area contributed by atoms with Gasteiger partial charge in [0.15, 0.2) is 5.58 Å². The fraction of sp³-hybridized carbons (Fsp3) is 0.265. The zero-order valence-electron chi connectivity index (χ0n) is 22.5. The first-order valence-electron chi connectivity index (χ1n) is 13.1. The molecule has 0 saturated carbocycles. The molecule has 186 valence electrons. The van der Waals surface area contributed by atoms with Crippen LogP contribution < -0.4 is 0 Å². The molecule has 0 spiro atoms. The topological polar surface area (TPSA) is 39.2 Å². The maximum absolute atomic E-state index is 6.11. The van der Waals surface area contributed by atoms with Gasteiger partial charge in [0.1, 0.15) is 16.9 Å². The number of fused-ring (bicyclic) bond motifs is 3. The minimum absolute atomic E-state index is 0.00911. The monoisotopic (exact) mass is 487 g/mol. The molecule has 3 aromatic heterocycles. The second kappa shape index (κ2) is 8.62. The number of hydrogen-bond acceptors (Lipinski definition) is 3. The highest BCUT2D eigenvalue weighted by Crippen LogP contribution is 2.39. The molecule has 6 rings (SSSR count). The summed E-state index contributed by atoms with van der Waals surface area (Å²) < 4.78 is 12.1. The van der Waals surface area contributed by atoms with Crippen LogP contribution in [0.15, 0.2) is 81.8 Å². The van der Waals surface area contributed by atoms with Crippen LogP contribution in [0.4, 0.5) is 0 Å². The first-order chi connectivity index (χ1) is 17.7. The van der Waals surface area contributed by atoms with E-state index in [0.717, 1.165) is 51.2 Å². The van der Waals surface area contributed by atoms with Crippen molar-refractivity contribution >= 4 is 32.8 Å². The van der Waals surface area contributed by atoms with E-state index >= 15 is 0 Å². The molecule has 0 atom stereocenters. The van der Waals surface area contributed by atoms with Gasteiger partial charge in [-0.05, 0) is 76.9 Å². The van der Waals surface area contributed by atoms with Crippen molar-refractivity contribution in [1.29, 1.82) is 0 Å². The van der Waals surface area contributed by atoms with E-state index < -0.39 is 0 Å². The van der Waals surface area contributed by atoms with E-state index in [0.29, 0.717) is 5.92 Å². The van der Waals surface area contributed by atoms with Gasteiger partial charge in [0.05, 0.1) is 12.0 Å². The molecule has 0 unspecified atom stereocenters. The van der Waals surface area contributed by atoms with Gasteiger partial charge in [-0.25, -0.2) is 4.98 Å². The van der Waals surface area contributed by atoms with Gasteiger partial charge < -0.3 is 8.83 Å². The molecule has 3 aromatic carbocycles. The second-order valence-corrected chi connectivity index (χ2v) is 11.6. The zero-order valence-corrected chi connectivity index (χ0v) is 22.5. The Kier molecular flexibility index (Phi) is 5.49. The third-order valence-electron chi connectivity index (χ3n) is 7.29. The Hall–Kier alpha value is -3.85. The van der Waals surface area contributed by atoms with Crippen LogP contribution >= 0.6 is 0 Å². The molecule has 0 amide bonds. The quantitative estimate of drug-likeness (QED) is 0.248. The Labute approximate surface area is 218 Å². The Bertz CT molecular complexity index is 1780. The van der Waals surface area contributed by atoms with Crippen LogP contribution in [-0.4, -0.2) is 4.98 Å². The SMILES string of the molecule is Cc1oc2ccc(-c3cc(-c4cc(C(C)(C)C)c5ccccc5c4)nc4ccoc34)cc2c1CC(C)C. The summed E-state index contributed by atoms with van der Waals surface area (Å²) in [5.74, 6) is 1.56. The predicted octanol–water partition coefficient (Wildman–Crippen LogP) is 9.87. The van der Waals surface area contributed by atoms with Crippen molar-refractivity contribution < 1.29 is 8.83 Å². The average Bonchev–Trinajstić information content (AvgIpc) is 3.46. The lowest BCUT2D eigenvalue weighted by molar-refractivity contribution is 0.560. The van der Waals surface area contributed by atoms with Crippen molar-refractivity contribution in [2.24, 2.45) is 5.92 Å². The van der Waals surface area contributed by atoms with Crippen LogP contribution in [0.2, 0.25) is 0 Å². The Balaban J connectivity index is 1.58. The summed E-state index contributed by atoms with van der Waals surface area (Å²) in [6.07, 6.45) is 2.73. The highest BCUT2D eigenvalue weighted by Gasteiger charge is 2.20. The smallest absolute Gasteiger partial charge is 0.160 e. The maximum Gasteiger partial charge on any atom is 0.160 e. The number of rotatable bonds is 4. The molecule has 0 saturated heterocycles. The highest BCUT2D eigenvalue weighted by atomic mass is 16.3. The standard InChI is InChI=1S/C34H33NO2/c1-20(2)15-26-21(3)37-32-12-11-23(17-28(26)32)27-19-31(35-30-13-14-36-33(27)30)24-16-22-9-7-8-10-25(22)29(18-24)34(4,5)6/h7-14,16-20H,15H2,1-6H3. The molecule has 3 heterocycles. The number of benzene rings is 3. The van der Waals surface area contributed by atoms with Crippen molar-refractivity contribution in [3.8, 4) is 22.4 Å². The molecular formula is C34H33NO2. The summed E-state index contributed by atoms with van der Waals surface area (Å²) in [6.45, 7) is 13.4. The predicted molar refractivity (Wildman–Crippen MR) is 154 cm³/mol. The van der Waals surface area contributed by atoms with Crippen molar-refractivity contribution in [3.63, 3.8) is 0 Å². The summed E-state index contributed by atoms with van der Waals surface area (Å²) in [7, 11) is 0. The van der Waals surface area contributed by atoms with Gasteiger partial charge >= 0.3 is 0 Å². The summed E-state index contributed by atoms with van der Waals surface area (Å²) in [4.78, 5) is 5.03. The number of nitrogens with zero attached hydrogens (tertiary/aromatic N) is 1. The van der Waals surface area contributed by atoms with Gasteiger partial charge in [0, 0.05) is 28.1 Å². The lowest BCUT2D eigenvalue weighted by Gasteiger charge is -2.23. The van der Waals surface area contributed by atoms with Gasteiger partial charge in [-0.3, -0.25) is 0 Å². The highest BCUT2D eigenvalue weighted by molar-refractivity contribution is 5.97. The summed E-state index contributed by atoms with van der Waals surface area (Å²) in [5.41, 5.74) is 9.46. The molecule has 0 bridgehead atoms.